The molecule has 28 heavy (non-hydrogen) atoms. The summed E-state index contributed by atoms with van der Waals surface area (Å²) >= 11 is 0. The Kier molecular flexibility index (Phi) is 5.69. The van der Waals surface area contributed by atoms with Crippen LogP contribution in [0.4, 0.5) is 0 Å². The molecule has 0 aliphatic rings. The quantitative estimate of drug-likeness (QED) is 0.394. The van der Waals surface area contributed by atoms with Crippen molar-refractivity contribution in [3.8, 4) is 5.75 Å². The zero-order valence-electron chi connectivity index (χ0n) is 16.2. The van der Waals surface area contributed by atoms with Crippen LogP contribution in [0.1, 0.15) is 16.7 Å². The second kappa shape index (κ2) is 8.73. The van der Waals surface area contributed by atoms with E-state index in [1.54, 1.807) is 0 Å². The number of ether oxygens (including phenoxy) is 1. The van der Waals surface area contributed by atoms with E-state index in [2.05, 4.69) is 90.8 Å². The molecule has 4 rings (SSSR count). The Morgan fingerprint density at radius 2 is 1.21 bits per heavy atom. The highest BCUT2D eigenvalue weighted by Gasteiger charge is 2.04. The molecule has 0 unspecified atom stereocenters. The molecule has 0 amide bonds. The largest absolute Gasteiger partial charge is 0.489 e. The zero-order chi connectivity index (χ0) is 19.2. The van der Waals surface area contributed by atoms with E-state index >= 15 is 0 Å². The van der Waals surface area contributed by atoms with Gasteiger partial charge in [0.25, 0.3) is 0 Å². The van der Waals surface area contributed by atoms with Gasteiger partial charge in [0.15, 0.2) is 0 Å². The molecule has 0 spiro atoms. The van der Waals surface area contributed by atoms with E-state index in [9.17, 15) is 0 Å². The highest BCUT2D eigenvalue weighted by atomic mass is 16.5. The van der Waals surface area contributed by atoms with Crippen molar-refractivity contribution >= 4 is 10.8 Å². The third-order valence-electron chi connectivity index (χ3n) is 4.87. The molecular weight excluding hydrogens is 342 g/mol. The fourth-order valence-corrected chi connectivity index (χ4v) is 3.46. The summed E-state index contributed by atoms with van der Waals surface area (Å²) in [4.78, 5) is 2.34. The monoisotopic (exact) mass is 367 g/mol. The van der Waals surface area contributed by atoms with Gasteiger partial charge in [0.1, 0.15) is 12.4 Å². The van der Waals surface area contributed by atoms with Gasteiger partial charge in [-0.05, 0) is 52.7 Å². The molecule has 0 aromatic heterocycles. The Labute approximate surface area is 167 Å². The van der Waals surface area contributed by atoms with Gasteiger partial charge >= 0.3 is 0 Å². The molecule has 0 radical (unpaired) electrons. The smallest absolute Gasteiger partial charge is 0.120 e. The summed E-state index contributed by atoms with van der Waals surface area (Å²) in [5.74, 6) is 0.908. The maximum atomic E-state index is 5.95. The second-order valence-electron chi connectivity index (χ2n) is 7.28. The fourth-order valence-electron chi connectivity index (χ4n) is 3.46. The highest BCUT2D eigenvalue weighted by molar-refractivity contribution is 5.84. The highest BCUT2D eigenvalue weighted by Crippen LogP contribution is 2.23. The van der Waals surface area contributed by atoms with Crippen molar-refractivity contribution in [2.45, 2.75) is 19.7 Å². The average Bonchev–Trinajstić information content (AvgIpc) is 2.73. The van der Waals surface area contributed by atoms with Crippen molar-refractivity contribution in [2.75, 3.05) is 7.05 Å². The number of benzene rings is 4. The maximum absolute atomic E-state index is 5.95. The summed E-state index contributed by atoms with van der Waals surface area (Å²) in [6.07, 6.45) is 0. The van der Waals surface area contributed by atoms with Crippen molar-refractivity contribution in [3.63, 3.8) is 0 Å². The maximum Gasteiger partial charge on any atom is 0.120 e. The molecule has 2 nitrogen and oxygen atoms in total. The van der Waals surface area contributed by atoms with E-state index < -0.39 is 0 Å². The minimum absolute atomic E-state index is 0.592. The molecule has 0 fully saturated rings. The van der Waals surface area contributed by atoms with Gasteiger partial charge in [-0.3, -0.25) is 4.90 Å². The molecule has 0 atom stereocenters. The van der Waals surface area contributed by atoms with Gasteiger partial charge in [-0.15, -0.1) is 0 Å². The first-order valence-electron chi connectivity index (χ1n) is 9.68. The van der Waals surface area contributed by atoms with Crippen molar-refractivity contribution in [1.29, 1.82) is 0 Å². The lowest BCUT2D eigenvalue weighted by Gasteiger charge is -2.17. The summed E-state index contributed by atoms with van der Waals surface area (Å²) in [7, 11) is 2.16. The number of hydrogen-bond donors (Lipinski definition) is 0. The van der Waals surface area contributed by atoms with Crippen molar-refractivity contribution in [2.24, 2.45) is 0 Å². The summed E-state index contributed by atoms with van der Waals surface area (Å²) < 4.78 is 5.95. The molecule has 0 heterocycles. The first-order chi connectivity index (χ1) is 13.8. The van der Waals surface area contributed by atoms with Gasteiger partial charge in [-0.2, -0.15) is 0 Å². The Morgan fingerprint density at radius 1 is 0.607 bits per heavy atom. The predicted octanol–water partition coefficient (Wildman–Crippen LogP) is 6.05. The third kappa shape index (κ3) is 4.79. The molecular formula is C26H25NO. The zero-order valence-corrected chi connectivity index (χ0v) is 16.2. The van der Waals surface area contributed by atoms with E-state index in [-0.39, 0.29) is 0 Å². The van der Waals surface area contributed by atoms with Crippen LogP contribution < -0.4 is 4.74 Å². The molecule has 0 saturated heterocycles. The molecule has 0 bridgehead atoms. The van der Waals surface area contributed by atoms with Crippen molar-refractivity contribution in [3.05, 3.63) is 114 Å². The van der Waals surface area contributed by atoms with Gasteiger partial charge in [0.05, 0.1) is 0 Å². The molecule has 0 aliphatic heterocycles. The summed E-state index contributed by atoms with van der Waals surface area (Å²) in [5.41, 5.74) is 3.84. The number of fused-ring (bicyclic) bond motifs is 1. The van der Waals surface area contributed by atoms with Gasteiger partial charge in [0, 0.05) is 13.1 Å². The number of hydrogen-bond acceptors (Lipinski definition) is 2. The average molecular weight is 367 g/mol. The van der Waals surface area contributed by atoms with Crippen LogP contribution in [0.5, 0.6) is 5.75 Å². The molecule has 4 aromatic rings. The lowest BCUT2D eigenvalue weighted by molar-refractivity contribution is 0.306. The van der Waals surface area contributed by atoms with Gasteiger partial charge in [-0.25, -0.2) is 0 Å². The molecule has 140 valence electrons. The minimum Gasteiger partial charge on any atom is -0.489 e. The van der Waals surface area contributed by atoms with E-state index in [0.717, 1.165) is 18.8 Å². The van der Waals surface area contributed by atoms with Crippen LogP contribution in [0.25, 0.3) is 10.8 Å². The van der Waals surface area contributed by atoms with E-state index in [1.807, 2.05) is 18.2 Å². The van der Waals surface area contributed by atoms with E-state index in [4.69, 9.17) is 4.74 Å². The topological polar surface area (TPSA) is 12.5 Å². The molecule has 4 aromatic carbocycles. The first-order valence-corrected chi connectivity index (χ1v) is 9.68. The van der Waals surface area contributed by atoms with Crippen LogP contribution in [0.3, 0.4) is 0 Å². The lowest BCUT2D eigenvalue weighted by atomic mass is 10.1. The van der Waals surface area contributed by atoms with Crippen LogP contribution in [0.2, 0.25) is 0 Å². The molecule has 2 heteroatoms. The summed E-state index contributed by atoms with van der Waals surface area (Å²) in [5, 5.41) is 2.46. The normalized spacial score (nSPS) is 11.1. The number of nitrogens with zero attached hydrogens (tertiary/aromatic N) is 1. The molecule has 0 N–H and O–H groups in total. The second-order valence-corrected chi connectivity index (χ2v) is 7.28. The first kappa shape index (κ1) is 18.3. The summed E-state index contributed by atoms with van der Waals surface area (Å²) in [6.45, 7) is 2.47. The predicted molar refractivity (Wildman–Crippen MR) is 116 cm³/mol. The van der Waals surface area contributed by atoms with Crippen molar-refractivity contribution < 1.29 is 4.74 Å². The standard InChI is InChI=1S/C26H25NO/c1-27(18-21-8-4-2-5-9-21)19-23-12-13-25-17-26(15-14-24(25)16-23)28-20-22-10-6-3-7-11-22/h2-17H,18-20H2,1H3. The Morgan fingerprint density at radius 3 is 1.96 bits per heavy atom. The molecule has 0 saturated carbocycles. The third-order valence-corrected chi connectivity index (χ3v) is 4.87. The van der Waals surface area contributed by atoms with E-state index in [0.29, 0.717) is 6.61 Å². The van der Waals surface area contributed by atoms with Crippen LogP contribution in [0.15, 0.2) is 97.1 Å². The van der Waals surface area contributed by atoms with Crippen LogP contribution in [-0.4, -0.2) is 11.9 Å². The number of rotatable bonds is 7. The Hall–Kier alpha value is -3.10. The van der Waals surface area contributed by atoms with Crippen LogP contribution in [-0.2, 0) is 19.7 Å². The minimum atomic E-state index is 0.592. The van der Waals surface area contributed by atoms with Gasteiger partial charge < -0.3 is 4.74 Å². The molecule has 0 aliphatic carbocycles. The van der Waals surface area contributed by atoms with Gasteiger partial charge in [0.2, 0.25) is 0 Å². The van der Waals surface area contributed by atoms with Gasteiger partial charge in [-0.1, -0.05) is 78.9 Å². The van der Waals surface area contributed by atoms with E-state index in [1.165, 1.54) is 27.5 Å². The van der Waals surface area contributed by atoms with Crippen molar-refractivity contribution in [1.82, 2.24) is 4.90 Å². The lowest BCUT2D eigenvalue weighted by Crippen LogP contribution is -2.17. The SMILES string of the molecule is CN(Cc1ccccc1)Cc1ccc2cc(OCc3ccccc3)ccc2c1. The Balaban J connectivity index is 1.41. The van der Waals surface area contributed by atoms with Crippen LogP contribution in [0, 0.1) is 0 Å². The van der Waals surface area contributed by atoms with Crippen LogP contribution >= 0.6 is 0 Å². The Bertz CT molecular complexity index is 1030. The summed E-state index contributed by atoms with van der Waals surface area (Å²) in [6, 6.07) is 33.9. The fraction of sp³-hybridized carbons (Fsp3) is 0.154.